The Balaban J connectivity index is 1.65. The van der Waals surface area contributed by atoms with Gasteiger partial charge in [-0.25, -0.2) is 14.8 Å². The van der Waals surface area contributed by atoms with Crippen molar-refractivity contribution in [1.29, 1.82) is 0 Å². The van der Waals surface area contributed by atoms with Crippen LogP contribution in [-0.2, 0) is 17.7 Å². The molecule has 0 saturated heterocycles. The Labute approximate surface area is 167 Å². The van der Waals surface area contributed by atoms with E-state index in [2.05, 4.69) is 15.1 Å². The standard InChI is InChI=1S/C20H19ClN4O3/c1-3-27-20(26)16-10-22-12(2)23-19(16)25-9-8-15-17(11-25)24-28-18(15)13-4-6-14(21)7-5-13/h4-7,10H,3,8-9,11H2,1-2H3. The highest BCUT2D eigenvalue weighted by molar-refractivity contribution is 6.30. The van der Waals surface area contributed by atoms with Crippen LogP contribution < -0.4 is 4.90 Å². The number of esters is 1. The van der Waals surface area contributed by atoms with E-state index >= 15 is 0 Å². The van der Waals surface area contributed by atoms with Gasteiger partial charge in [0.05, 0.1) is 13.2 Å². The lowest BCUT2D eigenvalue weighted by Gasteiger charge is -2.28. The molecule has 0 fully saturated rings. The van der Waals surface area contributed by atoms with Gasteiger partial charge in [-0.05, 0) is 44.5 Å². The van der Waals surface area contributed by atoms with Crippen LogP contribution in [0.4, 0.5) is 5.82 Å². The van der Waals surface area contributed by atoms with Crippen molar-refractivity contribution in [2.45, 2.75) is 26.8 Å². The van der Waals surface area contributed by atoms with Crippen LogP contribution in [0.5, 0.6) is 0 Å². The number of carbonyl (C=O) groups is 1. The molecule has 7 nitrogen and oxygen atoms in total. The van der Waals surface area contributed by atoms with E-state index in [-0.39, 0.29) is 0 Å². The molecule has 1 aliphatic rings. The van der Waals surface area contributed by atoms with Gasteiger partial charge in [-0.2, -0.15) is 0 Å². The van der Waals surface area contributed by atoms with Crippen molar-refractivity contribution in [2.24, 2.45) is 0 Å². The smallest absolute Gasteiger partial charge is 0.343 e. The summed E-state index contributed by atoms with van der Waals surface area (Å²) in [6.07, 6.45) is 2.25. The Morgan fingerprint density at radius 1 is 1.32 bits per heavy atom. The molecule has 0 saturated carbocycles. The molecule has 0 amide bonds. The largest absolute Gasteiger partial charge is 0.462 e. The molecule has 0 spiro atoms. The Kier molecular flexibility index (Phi) is 5.00. The first-order chi connectivity index (χ1) is 13.6. The van der Waals surface area contributed by atoms with Gasteiger partial charge in [0.25, 0.3) is 0 Å². The average molecular weight is 399 g/mol. The molecule has 4 rings (SSSR count). The molecule has 0 unspecified atom stereocenters. The zero-order valence-electron chi connectivity index (χ0n) is 15.6. The summed E-state index contributed by atoms with van der Waals surface area (Å²) in [5, 5.41) is 4.93. The van der Waals surface area contributed by atoms with Gasteiger partial charge in [0.2, 0.25) is 0 Å². The maximum absolute atomic E-state index is 12.3. The van der Waals surface area contributed by atoms with Crippen molar-refractivity contribution < 1.29 is 14.1 Å². The number of anilines is 1. The first-order valence-corrected chi connectivity index (χ1v) is 9.43. The van der Waals surface area contributed by atoms with Crippen LogP contribution in [0.3, 0.4) is 0 Å². The molecule has 3 heterocycles. The fourth-order valence-electron chi connectivity index (χ4n) is 3.29. The monoisotopic (exact) mass is 398 g/mol. The number of fused-ring (bicyclic) bond motifs is 1. The minimum absolute atomic E-state index is 0.296. The second kappa shape index (κ2) is 7.59. The van der Waals surface area contributed by atoms with Crippen LogP contribution in [0.2, 0.25) is 5.02 Å². The third-order valence-corrected chi connectivity index (χ3v) is 4.88. The number of hydrogen-bond donors (Lipinski definition) is 0. The van der Waals surface area contributed by atoms with Gasteiger partial charge in [-0.15, -0.1) is 0 Å². The molecule has 2 aromatic heterocycles. The summed E-state index contributed by atoms with van der Waals surface area (Å²) in [5.41, 5.74) is 3.21. The fourth-order valence-corrected chi connectivity index (χ4v) is 3.42. The van der Waals surface area contributed by atoms with E-state index in [9.17, 15) is 4.79 Å². The molecule has 3 aromatic rings. The zero-order chi connectivity index (χ0) is 19.7. The summed E-state index contributed by atoms with van der Waals surface area (Å²) in [4.78, 5) is 23.0. The summed E-state index contributed by atoms with van der Waals surface area (Å²) < 4.78 is 10.8. The fraction of sp³-hybridized carbons (Fsp3) is 0.300. The van der Waals surface area contributed by atoms with Gasteiger partial charge >= 0.3 is 5.97 Å². The third-order valence-electron chi connectivity index (χ3n) is 4.63. The number of ether oxygens (including phenoxy) is 1. The van der Waals surface area contributed by atoms with Crippen LogP contribution in [-0.4, -0.2) is 34.2 Å². The molecule has 1 aromatic carbocycles. The summed E-state index contributed by atoms with van der Waals surface area (Å²) in [6.45, 7) is 5.03. The van der Waals surface area contributed by atoms with Gasteiger partial charge in [-0.3, -0.25) is 0 Å². The van der Waals surface area contributed by atoms with E-state index in [0.29, 0.717) is 41.9 Å². The average Bonchev–Trinajstić information content (AvgIpc) is 3.12. The maximum atomic E-state index is 12.3. The Morgan fingerprint density at radius 2 is 2.11 bits per heavy atom. The minimum Gasteiger partial charge on any atom is -0.462 e. The van der Waals surface area contributed by atoms with E-state index in [1.165, 1.54) is 6.20 Å². The molecule has 8 heteroatoms. The summed E-state index contributed by atoms with van der Waals surface area (Å²) in [6, 6.07) is 7.50. The zero-order valence-corrected chi connectivity index (χ0v) is 16.4. The highest BCUT2D eigenvalue weighted by Crippen LogP contribution is 2.33. The lowest BCUT2D eigenvalue weighted by atomic mass is 10.0. The molecular weight excluding hydrogens is 380 g/mol. The van der Waals surface area contributed by atoms with Crippen molar-refractivity contribution in [3.05, 3.63) is 58.1 Å². The highest BCUT2D eigenvalue weighted by atomic mass is 35.5. The van der Waals surface area contributed by atoms with Gasteiger partial charge in [0, 0.05) is 28.9 Å². The predicted octanol–water partition coefficient (Wildman–Crippen LogP) is 3.83. The second-order valence-corrected chi connectivity index (χ2v) is 6.93. The van der Waals surface area contributed by atoms with Gasteiger partial charge in [0.15, 0.2) is 5.76 Å². The van der Waals surface area contributed by atoms with Crippen LogP contribution >= 0.6 is 11.6 Å². The topological polar surface area (TPSA) is 81.4 Å². The second-order valence-electron chi connectivity index (χ2n) is 6.49. The quantitative estimate of drug-likeness (QED) is 0.617. The Hall–Kier alpha value is -2.93. The number of aryl methyl sites for hydroxylation is 1. The van der Waals surface area contributed by atoms with Crippen molar-refractivity contribution in [3.8, 4) is 11.3 Å². The number of hydrogen-bond acceptors (Lipinski definition) is 7. The van der Waals surface area contributed by atoms with Crippen LogP contribution in [0.25, 0.3) is 11.3 Å². The number of nitrogens with zero attached hydrogens (tertiary/aromatic N) is 4. The van der Waals surface area contributed by atoms with E-state index in [1.807, 2.05) is 29.2 Å². The van der Waals surface area contributed by atoms with E-state index in [1.54, 1.807) is 13.8 Å². The molecule has 0 atom stereocenters. The number of benzene rings is 1. The van der Waals surface area contributed by atoms with Crippen LogP contribution in [0, 0.1) is 6.92 Å². The SMILES string of the molecule is CCOC(=O)c1cnc(C)nc1N1CCc2c(noc2-c2ccc(Cl)cc2)C1. The van der Waals surface area contributed by atoms with E-state index in [0.717, 1.165) is 29.0 Å². The third kappa shape index (κ3) is 3.45. The highest BCUT2D eigenvalue weighted by Gasteiger charge is 2.28. The number of rotatable bonds is 4. The van der Waals surface area contributed by atoms with Crippen LogP contribution in [0.1, 0.15) is 34.4 Å². The minimum atomic E-state index is -0.426. The first-order valence-electron chi connectivity index (χ1n) is 9.06. The summed E-state index contributed by atoms with van der Waals surface area (Å²) in [5.74, 6) is 1.49. The van der Waals surface area contributed by atoms with Crippen LogP contribution in [0.15, 0.2) is 35.0 Å². The van der Waals surface area contributed by atoms with Gasteiger partial charge < -0.3 is 14.2 Å². The van der Waals surface area contributed by atoms with E-state index in [4.69, 9.17) is 20.9 Å². The van der Waals surface area contributed by atoms with Crippen molar-refractivity contribution in [2.75, 3.05) is 18.1 Å². The molecule has 0 bridgehead atoms. The lowest BCUT2D eigenvalue weighted by molar-refractivity contribution is 0.0526. The van der Waals surface area contributed by atoms with Crippen molar-refractivity contribution in [1.82, 2.24) is 15.1 Å². The Bertz CT molecular complexity index is 1020. The van der Waals surface area contributed by atoms with Gasteiger partial charge in [-0.1, -0.05) is 16.8 Å². The number of aromatic nitrogens is 3. The van der Waals surface area contributed by atoms with Gasteiger partial charge in [0.1, 0.15) is 22.9 Å². The normalized spacial score (nSPS) is 13.3. The van der Waals surface area contributed by atoms with Crippen molar-refractivity contribution in [3.63, 3.8) is 0 Å². The molecule has 28 heavy (non-hydrogen) atoms. The summed E-state index contributed by atoms with van der Waals surface area (Å²) in [7, 11) is 0. The van der Waals surface area contributed by atoms with Crippen molar-refractivity contribution >= 4 is 23.4 Å². The maximum Gasteiger partial charge on any atom is 0.343 e. The summed E-state index contributed by atoms with van der Waals surface area (Å²) >= 11 is 5.98. The number of carbonyl (C=O) groups excluding carboxylic acids is 1. The molecule has 0 radical (unpaired) electrons. The predicted molar refractivity (Wildman–Crippen MR) is 104 cm³/mol. The number of halogens is 1. The lowest BCUT2D eigenvalue weighted by Crippen LogP contribution is -2.33. The van der Waals surface area contributed by atoms with E-state index < -0.39 is 5.97 Å². The molecule has 0 N–H and O–H groups in total. The Morgan fingerprint density at radius 3 is 2.86 bits per heavy atom. The molecule has 144 valence electrons. The molecular formula is C20H19ClN4O3. The molecule has 1 aliphatic heterocycles. The molecule has 0 aliphatic carbocycles. The first kappa shape index (κ1) is 18.4.